The molecule has 0 spiro atoms. The Morgan fingerprint density at radius 3 is 2.58 bits per heavy atom. The third-order valence-corrected chi connectivity index (χ3v) is 3.40. The molecule has 1 aromatic rings. The summed E-state index contributed by atoms with van der Waals surface area (Å²) in [7, 11) is 0. The normalized spacial score (nSPS) is 22.1. The molecule has 0 bridgehead atoms. The zero-order valence-corrected chi connectivity index (χ0v) is 10.3. The highest BCUT2D eigenvalue weighted by Gasteiger charge is 2.35. The van der Waals surface area contributed by atoms with E-state index in [0.717, 1.165) is 18.6 Å². The molecule has 19 heavy (non-hydrogen) atoms. The maximum Gasteiger partial charge on any atom is 0.417 e. The quantitative estimate of drug-likeness (QED) is 0.883. The molecule has 0 aromatic heterocycles. The van der Waals surface area contributed by atoms with Crippen molar-refractivity contribution in [3.63, 3.8) is 0 Å². The summed E-state index contributed by atoms with van der Waals surface area (Å²) in [5.41, 5.74) is -1.43. The molecular weight excluding hydrogens is 259 g/mol. The van der Waals surface area contributed by atoms with Gasteiger partial charge >= 0.3 is 12.1 Å². The number of aromatic carboxylic acids is 1. The van der Waals surface area contributed by atoms with Gasteiger partial charge in [0.15, 0.2) is 0 Å². The van der Waals surface area contributed by atoms with Gasteiger partial charge in [-0.2, -0.15) is 13.2 Å². The van der Waals surface area contributed by atoms with E-state index in [0.29, 0.717) is 24.1 Å². The van der Waals surface area contributed by atoms with Crippen LogP contribution in [0.25, 0.3) is 0 Å². The maximum atomic E-state index is 12.6. The molecule has 2 atom stereocenters. The van der Waals surface area contributed by atoms with E-state index in [1.54, 1.807) is 0 Å². The molecule has 0 saturated heterocycles. The summed E-state index contributed by atoms with van der Waals surface area (Å²) in [4.78, 5) is 10.9. The molecule has 2 N–H and O–H groups in total. The summed E-state index contributed by atoms with van der Waals surface area (Å²) in [6, 6.07) is 3.11. The Hall–Kier alpha value is -1.72. The fraction of sp³-hybridized carbons (Fsp3) is 0.462. The third-order valence-electron chi connectivity index (χ3n) is 3.40. The Labute approximate surface area is 108 Å². The van der Waals surface area contributed by atoms with Crippen molar-refractivity contribution >= 4 is 11.7 Å². The number of alkyl halides is 3. The van der Waals surface area contributed by atoms with Gasteiger partial charge in [0.25, 0.3) is 0 Å². The Morgan fingerprint density at radius 2 is 2.11 bits per heavy atom. The number of hydrogen-bond donors (Lipinski definition) is 2. The molecule has 104 valence electrons. The van der Waals surface area contributed by atoms with E-state index in [2.05, 4.69) is 12.2 Å². The molecular formula is C13H14F3NO2. The van der Waals surface area contributed by atoms with Gasteiger partial charge in [0.05, 0.1) is 11.1 Å². The van der Waals surface area contributed by atoms with E-state index in [1.165, 1.54) is 6.07 Å². The molecule has 0 aliphatic heterocycles. The average Bonchev–Trinajstić information content (AvgIpc) is 3.01. The van der Waals surface area contributed by atoms with Gasteiger partial charge < -0.3 is 10.4 Å². The predicted octanol–water partition coefficient (Wildman–Crippen LogP) is 3.47. The zero-order chi connectivity index (χ0) is 14.2. The van der Waals surface area contributed by atoms with Gasteiger partial charge in [-0.1, -0.05) is 6.92 Å². The van der Waals surface area contributed by atoms with Crippen molar-refractivity contribution in [2.45, 2.75) is 19.5 Å². The molecule has 2 unspecified atom stereocenters. The lowest BCUT2D eigenvalue weighted by Gasteiger charge is -2.12. The number of rotatable bonds is 4. The molecule has 6 heteroatoms. The van der Waals surface area contributed by atoms with Crippen molar-refractivity contribution in [3.05, 3.63) is 29.3 Å². The van der Waals surface area contributed by atoms with E-state index < -0.39 is 23.3 Å². The van der Waals surface area contributed by atoms with E-state index in [1.807, 2.05) is 0 Å². The van der Waals surface area contributed by atoms with E-state index in [-0.39, 0.29) is 0 Å². The van der Waals surface area contributed by atoms with Crippen LogP contribution in [0.3, 0.4) is 0 Å². The van der Waals surface area contributed by atoms with E-state index in [4.69, 9.17) is 5.11 Å². The average molecular weight is 273 g/mol. The summed E-state index contributed by atoms with van der Waals surface area (Å²) >= 11 is 0. The minimum atomic E-state index is -4.66. The number of carboxylic acid groups (broad SMARTS) is 1. The largest absolute Gasteiger partial charge is 0.478 e. The van der Waals surface area contributed by atoms with Crippen LogP contribution < -0.4 is 5.32 Å². The van der Waals surface area contributed by atoms with Crippen LogP contribution in [0.2, 0.25) is 0 Å². The summed E-state index contributed by atoms with van der Waals surface area (Å²) in [5.74, 6) is -0.424. The van der Waals surface area contributed by atoms with Crippen LogP contribution >= 0.6 is 0 Å². The maximum absolute atomic E-state index is 12.6. The van der Waals surface area contributed by atoms with Gasteiger partial charge in [-0.05, 0) is 36.5 Å². The highest BCUT2D eigenvalue weighted by Crippen LogP contribution is 2.38. The van der Waals surface area contributed by atoms with Crippen LogP contribution in [0.5, 0.6) is 0 Å². The molecule has 1 saturated carbocycles. The van der Waals surface area contributed by atoms with Crippen LogP contribution in [0.4, 0.5) is 18.9 Å². The molecule has 1 aromatic carbocycles. The summed E-state index contributed by atoms with van der Waals surface area (Å²) in [6.07, 6.45) is -3.56. The van der Waals surface area contributed by atoms with Crippen LogP contribution in [-0.4, -0.2) is 17.6 Å². The number of halogens is 3. The first kappa shape index (κ1) is 13.7. The van der Waals surface area contributed by atoms with E-state index in [9.17, 15) is 18.0 Å². The Kier molecular flexibility index (Phi) is 3.43. The lowest BCUT2D eigenvalue weighted by molar-refractivity contribution is -0.138. The smallest absolute Gasteiger partial charge is 0.417 e. The molecule has 1 aliphatic rings. The van der Waals surface area contributed by atoms with Crippen molar-refractivity contribution in [3.8, 4) is 0 Å². The van der Waals surface area contributed by atoms with Crippen molar-refractivity contribution < 1.29 is 23.1 Å². The second-order valence-electron chi connectivity index (χ2n) is 4.92. The number of nitrogens with one attached hydrogen (secondary N) is 1. The first-order valence-corrected chi connectivity index (χ1v) is 5.97. The molecule has 0 heterocycles. The second-order valence-corrected chi connectivity index (χ2v) is 4.92. The Bertz CT molecular complexity index is 499. The minimum absolute atomic E-state index is 0.407. The van der Waals surface area contributed by atoms with Crippen LogP contribution in [0, 0.1) is 11.8 Å². The predicted molar refractivity (Wildman–Crippen MR) is 64.2 cm³/mol. The Morgan fingerprint density at radius 1 is 1.47 bits per heavy atom. The molecule has 1 aliphatic carbocycles. The Balaban J connectivity index is 2.18. The zero-order valence-electron chi connectivity index (χ0n) is 10.3. The lowest BCUT2D eigenvalue weighted by atomic mass is 10.1. The highest BCUT2D eigenvalue weighted by molar-refractivity contribution is 5.91. The molecule has 1 fully saturated rings. The van der Waals surface area contributed by atoms with Gasteiger partial charge in [-0.15, -0.1) is 0 Å². The molecule has 2 rings (SSSR count). The van der Waals surface area contributed by atoms with Gasteiger partial charge in [0.2, 0.25) is 0 Å². The number of carboxylic acids is 1. The van der Waals surface area contributed by atoms with Gasteiger partial charge in [-0.3, -0.25) is 0 Å². The third kappa shape index (κ3) is 3.19. The first-order valence-electron chi connectivity index (χ1n) is 5.97. The van der Waals surface area contributed by atoms with Gasteiger partial charge in [0, 0.05) is 12.2 Å². The monoisotopic (exact) mass is 273 g/mol. The highest BCUT2D eigenvalue weighted by atomic mass is 19.4. The molecule has 0 radical (unpaired) electrons. The number of carbonyl (C=O) groups is 1. The fourth-order valence-electron chi connectivity index (χ4n) is 2.01. The minimum Gasteiger partial charge on any atom is -0.478 e. The second kappa shape index (κ2) is 4.75. The van der Waals surface area contributed by atoms with Crippen molar-refractivity contribution in [1.82, 2.24) is 0 Å². The fourth-order valence-corrected chi connectivity index (χ4v) is 2.01. The first-order chi connectivity index (χ1) is 8.79. The topological polar surface area (TPSA) is 49.3 Å². The van der Waals surface area contributed by atoms with Gasteiger partial charge in [0.1, 0.15) is 0 Å². The SMILES string of the molecule is CC1CC1CNc1ccc(C(F)(F)F)c(C(=O)O)c1. The summed E-state index contributed by atoms with van der Waals surface area (Å²) < 4.78 is 37.9. The van der Waals surface area contributed by atoms with Crippen molar-refractivity contribution in [1.29, 1.82) is 0 Å². The van der Waals surface area contributed by atoms with Crippen LogP contribution in [0.15, 0.2) is 18.2 Å². The standard InChI is InChI=1S/C13H14F3NO2/c1-7-4-8(7)6-17-9-2-3-11(13(14,15)16)10(5-9)12(18)19/h2-3,5,7-8,17H,4,6H2,1H3,(H,18,19). The van der Waals surface area contributed by atoms with Crippen LogP contribution in [-0.2, 0) is 6.18 Å². The number of hydrogen-bond acceptors (Lipinski definition) is 2. The summed E-state index contributed by atoms with van der Waals surface area (Å²) in [6.45, 7) is 2.76. The number of benzene rings is 1. The summed E-state index contributed by atoms with van der Waals surface area (Å²) in [5, 5.41) is 11.8. The van der Waals surface area contributed by atoms with Crippen LogP contribution in [0.1, 0.15) is 29.3 Å². The van der Waals surface area contributed by atoms with Crippen molar-refractivity contribution in [2.75, 3.05) is 11.9 Å². The lowest BCUT2D eigenvalue weighted by Crippen LogP contribution is -2.14. The van der Waals surface area contributed by atoms with E-state index >= 15 is 0 Å². The van der Waals surface area contributed by atoms with Gasteiger partial charge in [-0.25, -0.2) is 4.79 Å². The number of anilines is 1. The molecule has 0 amide bonds. The molecule has 3 nitrogen and oxygen atoms in total. The van der Waals surface area contributed by atoms with Crippen molar-refractivity contribution in [2.24, 2.45) is 11.8 Å².